The summed E-state index contributed by atoms with van der Waals surface area (Å²) in [5.41, 5.74) is 2.86. The Kier molecular flexibility index (Phi) is 4.50. The molecule has 1 aromatic heterocycles. The van der Waals surface area contributed by atoms with Gasteiger partial charge in [-0.25, -0.2) is 4.98 Å². The fourth-order valence-electron chi connectivity index (χ4n) is 1.33. The molecule has 0 radical (unpaired) electrons. The maximum Gasteiger partial charge on any atom is 0.238 e. The minimum absolute atomic E-state index is 0. The van der Waals surface area contributed by atoms with Crippen LogP contribution in [0, 0.1) is 0 Å². The van der Waals surface area contributed by atoms with Crippen LogP contribution in [0.25, 0.3) is 0 Å². The zero-order valence-electron chi connectivity index (χ0n) is 8.45. The second-order valence-electron chi connectivity index (χ2n) is 3.42. The van der Waals surface area contributed by atoms with Crippen molar-refractivity contribution in [3.8, 4) is 0 Å². The normalized spacial score (nSPS) is 14.5. The molecule has 2 N–H and O–H groups in total. The minimum Gasteiger partial charge on any atom is -0.315 e. The molecule has 6 heteroatoms. The Hall–Kier alpha value is -0.650. The van der Waals surface area contributed by atoms with E-state index >= 15 is 0 Å². The van der Waals surface area contributed by atoms with Crippen molar-refractivity contribution in [2.24, 2.45) is 0 Å². The van der Waals surface area contributed by atoms with Crippen molar-refractivity contribution in [3.63, 3.8) is 0 Å². The van der Waals surface area contributed by atoms with Crippen LogP contribution in [0.4, 0.5) is 5.00 Å². The van der Waals surface area contributed by atoms with Gasteiger partial charge in [0.1, 0.15) is 5.00 Å². The number of nitrogens with zero attached hydrogens (tertiary/aromatic N) is 1. The lowest BCUT2D eigenvalue weighted by Gasteiger charge is -2.03. The molecule has 0 spiro atoms. The Morgan fingerprint density at radius 2 is 2.40 bits per heavy atom. The molecule has 1 aliphatic carbocycles. The first-order chi connectivity index (χ1) is 6.81. The van der Waals surface area contributed by atoms with E-state index in [1.54, 1.807) is 12.6 Å². The highest BCUT2D eigenvalue weighted by Gasteiger charge is 2.28. The average molecular weight is 248 g/mol. The van der Waals surface area contributed by atoms with Gasteiger partial charge < -0.3 is 10.6 Å². The largest absolute Gasteiger partial charge is 0.315 e. The third-order valence-electron chi connectivity index (χ3n) is 2.15. The van der Waals surface area contributed by atoms with Gasteiger partial charge in [0.2, 0.25) is 5.91 Å². The molecule has 2 rings (SSSR count). The average Bonchev–Trinajstić information content (AvgIpc) is 2.89. The number of halogens is 1. The molecule has 1 heterocycles. The predicted octanol–water partition coefficient (Wildman–Crippen LogP) is 1.60. The van der Waals surface area contributed by atoms with Gasteiger partial charge in [-0.2, -0.15) is 0 Å². The molecule has 1 fully saturated rings. The lowest BCUT2D eigenvalue weighted by Crippen LogP contribution is -2.25. The van der Waals surface area contributed by atoms with E-state index in [9.17, 15) is 4.79 Å². The van der Waals surface area contributed by atoms with Crippen LogP contribution in [-0.2, 0) is 4.79 Å². The summed E-state index contributed by atoms with van der Waals surface area (Å²) in [6, 6.07) is 0. The molecule has 4 nitrogen and oxygen atoms in total. The van der Waals surface area contributed by atoms with Crippen molar-refractivity contribution in [1.82, 2.24) is 10.3 Å². The number of anilines is 1. The van der Waals surface area contributed by atoms with E-state index in [-0.39, 0.29) is 18.3 Å². The Labute approximate surface area is 98.9 Å². The second kappa shape index (κ2) is 5.44. The molecular formula is C9H14ClN3OS. The first-order valence-electron chi connectivity index (χ1n) is 4.69. The zero-order valence-corrected chi connectivity index (χ0v) is 10.1. The van der Waals surface area contributed by atoms with Gasteiger partial charge in [-0.15, -0.1) is 23.7 Å². The van der Waals surface area contributed by atoms with E-state index in [0.717, 1.165) is 10.7 Å². The van der Waals surface area contributed by atoms with Crippen LogP contribution < -0.4 is 10.6 Å². The van der Waals surface area contributed by atoms with E-state index in [1.807, 2.05) is 0 Å². The summed E-state index contributed by atoms with van der Waals surface area (Å²) in [4.78, 5) is 15.6. The Balaban J connectivity index is 0.00000112. The van der Waals surface area contributed by atoms with Gasteiger partial charge in [-0.3, -0.25) is 4.79 Å². The molecule has 0 aromatic carbocycles. The molecule has 0 unspecified atom stereocenters. The number of amides is 1. The van der Waals surface area contributed by atoms with Crippen LogP contribution >= 0.6 is 23.7 Å². The number of thiazole rings is 1. The molecular weight excluding hydrogens is 234 g/mol. The van der Waals surface area contributed by atoms with Crippen molar-refractivity contribution in [2.45, 2.75) is 18.8 Å². The number of rotatable bonds is 4. The van der Waals surface area contributed by atoms with Gasteiger partial charge in [0.15, 0.2) is 0 Å². The molecule has 0 bridgehead atoms. The first-order valence-corrected chi connectivity index (χ1v) is 5.57. The van der Waals surface area contributed by atoms with Crippen molar-refractivity contribution in [3.05, 3.63) is 11.2 Å². The summed E-state index contributed by atoms with van der Waals surface area (Å²) < 4.78 is 0. The monoisotopic (exact) mass is 247 g/mol. The van der Waals surface area contributed by atoms with E-state index in [1.165, 1.54) is 24.2 Å². The quantitative estimate of drug-likeness (QED) is 0.850. The fraction of sp³-hybridized carbons (Fsp3) is 0.556. The van der Waals surface area contributed by atoms with Crippen LogP contribution in [0.5, 0.6) is 0 Å². The fourth-order valence-corrected chi connectivity index (χ4v) is 2.11. The number of likely N-dealkylation sites (N-methyl/N-ethyl adjacent to an activating group) is 1. The molecule has 84 valence electrons. The van der Waals surface area contributed by atoms with Gasteiger partial charge in [-0.1, -0.05) is 0 Å². The predicted molar refractivity (Wildman–Crippen MR) is 63.9 cm³/mol. The lowest BCUT2D eigenvalue weighted by molar-refractivity contribution is -0.115. The summed E-state index contributed by atoms with van der Waals surface area (Å²) >= 11 is 1.50. The van der Waals surface area contributed by atoms with Crippen LogP contribution in [-0.4, -0.2) is 24.5 Å². The number of aromatic nitrogens is 1. The molecule has 0 saturated heterocycles. The summed E-state index contributed by atoms with van der Waals surface area (Å²) in [6.07, 6.45) is 2.41. The van der Waals surface area contributed by atoms with Crippen molar-refractivity contribution >= 4 is 34.7 Å². The van der Waals surface area contributed by atoms with Gasteiger partial charge in [0.05, 0.1) is 17.7 Å². The number of carbonyl (C=O) groups is 1. The highest BCUT2D eigenvalue weighted by Crippen LogP contribution is 2.43. The lowest BCUT2D eigenvalue weighted by atomic mass is 10.3. The standard InChI is InChI=1S/C9H13N3OS.ClH/c1-10-4-7(13)12-9-8(6-2-3-6)11-5-14-9;/h5-6,10H,2-4H2,1H3,(H,12,13);1H. The van der Waals surface area contributed by atoms with Gasteiger partial charge >= 0.3 is 0 Å². The number of carbonyl (C=O) groups excluding carboxylic acids is 1. The molecule has 0 aliphatic heterocycles. The van der Waals surface area contributed by atoms with Crippen molar-refractivity contribution in [1.29, 1.82) is 0 Å². The maximum atomic E-state index is 11.3. The van der Waals surface area contributed by atoms with Crippen molar-refractivity contribution in [2.75, 3.05) is 18.9 Å². The molecule has 1 amide bonds. The highest BCUT2D eigenvalue weighted by atomic mass is 35.5. The molecule has 1 aromatic rings. The van der Waals surface area contributed by atoms with Gasteiger partial charge in [-0.05, 0) is 19.9 Å². The molecule has 1 aliphatic rings. The molecule has 1 saturated carbocycles. The van der Waals surface area contributed by atoms with Gasteiger partial charge in [0.25, 0.3) is 0 Å². The second-order valence-corrected chi connectivity index (χ2v) is 4.27. The first kappa shape index (κ1) is 12.4. The molecule has 0 atom stereocenters. The Morgan fingerprint density at radius 3 is 3.00 bits per heavy atom. The number of hydrogen-bond donors (Lipinski definition) is 2. The maximum absolute atomic E-state index is 11.3. The van der Waals surface area contributed by atoms with Crippen LogP contribution in [0.1, 0.15) is 24.5 Å². The Morgan fingerprint density at radius 1 is 1.67 bits per heavy atom. The van der Waals surface area contributed by atoms with E-state index in [0.29, 0.717) is 12.5 Å². The Bertz CT molecular complexity index is 338. The smallest absolute Gasteiger partial charge is 0.238 e. The van der Waals surface area contributed by atoms with E-state index in [4.69, 9.17) is 0 Å². The third-order valence-corrected chi connectivity index (χ3v) is 2.91. The topological polar surface area (TPSA) is 54.0 Å². The third kappa shape index (κ3) is 3.15. The van der Waals surface area contributed by atoms with E-state index < -0.39 is 0 Å². The van der Waals surface area contributed by atoms with Crippen molar-refractivity contribution < 1.29 is 4.79 Å². The highest BCUT2D eigenvalue weighted by molar-refractivity contribution is 7.14. The summed E-state index contributed by atoms with van der Waals surface area (Å²) in [5, 5.41) is 6.61. The molecule has 15 heavy (non-hydrogen) atoms. The summed E-state index contributed by atoms with van der Waals surface area (Å²) in [6.45, 7) is 0.349. The number of nitrogens with one attached hydrogen (secondary N) is 2. The minimum atomic E-state index is -0.00125. The van der Waals surface area contributed by atoms with Crippen LogP contribution in [0.15, 0.2) is 5.51 Å². The number of hydrogen-bond acceptors (Lipinski definition) is 4. The SMILES string of the molecule is CNCC(=O)Nc1scnc1C1CC1.Cl. The van der Waals surface area contributed by atoms with Crippen LogP contribution in [0.3, 0.4) is 0 Å². The van der Waals surface area contributed by atoms with Crippen LogP contribution in [0.2, 0.25) is 0 Å². The van der Waals surface area contributed by atoms with E-state index in [2.05, 4.69) is 15.6 Å². The summed E-state index contributed by atoms with van der Waals surface area (Å²) in [5.74, 6) is 0.588. The van der Waals surface area contributed by atoms with Gasteiger partial charge in [0, 0.05) is 5.92 Å². The summed E-state index contributed by atoms with van der Waals surface area (Å²) in [7, 11) is 1.76. The zero-order chi connectivity index (χ0) is 9.97.